The predicted molar refractivity (Wildman–Crippen MR) is 194 cm³/mol. The molecule has 2 aliphatic heterocycles. The van der Waals surface area contributed by atoms with Crippen molar-refractivity contribution in [2.24, 2.45) is 5.92 Å². The zero-order chi connectivity index (χ0) is 41.7. The van der Waals surface area contributed by atoms with Gasteiger partial charge in [-0.1, -0.05) is 12.2 Å². The number of hydrogen-bond donors (Lipinski definition) is 3. The van der Waals surface area contributed by atoms with Gasteiger partial charge in [-0.05, 0) is 78.0 Å². The van der Waals surface area contributed by atoms with E-state index < -0.39 is 91.9 Å². The van der Waals surface area contributed by atoms with Crippen molar-refractivity contribution in [3.05, 3.63) is 42.4 Å². The first-order valence-corrected chi connectivity index (χ1v) is 19.9. The van der Waals surface area contributed by atoms with Gasteiger partial charge in [-0.2, -0.15) is 13.2 Å². The van der Waals surface area contributed by atoms with Crippen LogP contribution in [0, 0.1) is 11.7 Å². The molecule has 15 nitrogen and oxygen atoms in total. The fourth-order valence-electron chi connectivity index (χ4n) is 6.85. The number of halogens is 4. The number of alkyl carbamates (subject to hydrolysis) is 1. The Morgan fingerprint density at radius 3 is 2.53 bits per heavy atom. The Hall–Kier alpha value is -4.72. The van der Waals surface area contributed by atoms with E-state index in [1.54, 1.807) is 12.2 Å². The average Bonchev–Trinajstić information content (AvgIpc) is 4.01. The zero-order valence-electron chi connectivity index (χ0n) is 31.9. The summed E-state index contributed by atoms with van der Waals surface area (Å²) in [4.78, 5) is 61.0. The molecule has 1 saturated heterocycles. The van der Waals surface area contributed by atoms with E-state index in [4.69, 9.17) is 18.9 Å². The maximum absolute atomic E-state index is 14.5. The second-order valence-corrected chi connectivity index (χ2v) is 17.8. The molecule has 20 heteroatoms. The molecule has 3 fully saturated rings. The largest absolute Gasteiger partial charge is 0.494 e. The summed E-state index contributed by atoms with van der Waals surface area (Å²) in [5.41, 5.74) is -4.65. The quantitative estimate of drug-likeness (QED) is 0.259. The maximum Gasteiger partial charge on any atom is 0.427 e. The van der Waals surface area contributed by atoms with Crippen LogP contribution in [-0.4, -0.2) is 109 Å². The summed E-state index contributed by atoms with van der Waals surface area (Å²) in [5, 5.41) is 5.56. The highest BCUT2D eigenvalue weighted by atomic mass is 32.2. The summed E-state index contributed by atoms with van der Waals surface area (Å²) in [6.07, 6.45) is -2.68. The zero-order valence-corrected chi connectivity index (χ0v) is 32.7. The first kappa shape index (κ1) is 41.9. The van der Waals surface area contributed by atoms with Gasteiger partial charge in [-0.15, -0.1) is 0 Å². The van der Waals surface area contributed by atoms with Gasteiger partial charge in [0.15, 0.2) is 0 Å². The molecule has 0 radical (unpaired) electrons. The van der Waals surface area contributed by atoms with Gasteiger partial charge in [0.05, 0.1) is 36.1 Å². The van der Waals surface area contributed by atoms with Crippen LogP contribution in [0.25, 0.3) is 10.8 Å². The number of rotatable bonds is 8. The molecule has 2 saturated carbocycles. The topological polar surface area (TPSA) is 192 Å². The summed E-state index contributed by atoms with van der Waals surface area (Å²) < 4.78 is 105. The van der Waals surface area contributed by atoms with Crippen molar-refractivity contribution in [2.45, 2.75) is 113 Å². The molecule has 2 aromatic rings. The normalized spacial score (nSPS) is 28.4. The Balaban J connectivity index is 1.35. The lowest BCUT2D eigenvalue weighted by atomic mass is 10.1. The number of methoxy groups -OCH3 is 1. The van der Waals surface area contributed by atoms with E-state index >= 15 is 0 Å². The van der Waals surface area contributed by atoms with Crippen LogP contribution in [0.15, 0.2) is 36.5 Å². The highest BCUT2D eigenvalue weighted by Crippen LogP contribution is 2.47. The minimum atomic E-state index is -4.96. The Bertz CT molecular complexity index is 2080. The predicted octanol–water partition coefficient (Wildman–Crippen LogP) is 3.80. The molecule has 3 N–H and O–H groups in total. The third-order valence-electron chi connectivity index (χ3n) is 11.0. The number of aromatic nitrogens is 1. The van der Waals surface area contributed by atoms with Crippen LogP contribution in [0.3, 0.4) is 0 Å². The molecule has 4 amide bonds. The molecule has 2 aliphatic carbocycles. The minimum absolute atomic E-state index is 0.0340. The number of nitrogens with one attached hydrogen (secondary N) is 3. The third-order valence-corrected chi connectivity index (χ3v) is 13.2. The summed E-state index contributed by atoms with van der Waals surface area (Å²) in [7, 11) is -2.71. The molecule has 1 aromatic heterocycles. The fourth-order valence-corrected chi connectivity index (χ4v) is 8.16. The van der Waals surface area contributed by atoms with E-state index in [9.17, 15) is 45.2 Å². The van der Waals surface area contributed by atoms with Crippen molar-refractivity contribution in [1.82, 2.24) is 25.2 Å². The summed E-state index contributed by atoms with van der Waals surface area (Å²) >= 11 is 0. The number of carbonyl (C=O) groups is 4. The number of carbonyl (C=O) groups excluding carboxylic acids is 4. The molecule has 0 spiro atoms. The Morgan fingerprint density at radius 1 is 1.14 bits per heavy atom. The molecule has 0 unspecified atom stereocenters. The number of benzene rings is 1. The molecule has 312 valence electrons. The van der Waals surface area contributed by atoms with Crippen molar-refractivity contribution >= 4 is 44.6 Å². The number of amides is 4. The van der Waals surface area contributed by atoms with Crippen molar-refractivity contribution in [1.29, 1.82) is 0 Å². The second-order valence-electron chi connectivity index (χ2n) is 15.6. The highest BCUT2D eigenvalue weighted by molar-refractivity contribution is 7.91. The smallest absolute Gasteiger partial charge is 0.427 e. The first-order valence-electron chi connectivity index (χ1n) is 18.4. The number of ether oxygens (including phenoxy) is 4. The molecule has 6 atom stereocenters. The standard InChI is InChI=1S/C37H45F4N5O10S/c1-20-28(43-33(50)56-34(2,3)37(39,40)41)31(48)46-19-23(55-30-25-15-22(38)10-11-24(25)27(53-5)18-42-30)16-26(46)29(47)44-36(17-21(36)9-7-6-8-14-54-20)32(49)45-57(51,52)35(4)12-13-35/h7,9-11,15,18,20-21,23,26,28H,6,8,12-14,16-17,19H2,1-5H3,(H,43,50)(H,44,47)(H,45,49)/b9-7-/t20-,21+,23+,26-,28-,36+/m0/s1. The number of pyridine rings is 1. The van der Waals surface area contributed by atoms with E-state index in [0.29, 0.717) is 50.7 Å². The van der Waals surface area contributed by atoms with Gasteiger partial charge in [0.1, 0.15) is 35.3 Å². The van der Waals surface area contributed by atoms with E-state index in [1.165, 1.54) is 45.4 Å². The molecule has 6 rings (SSSR count). The third kappa shape index (κ3) is 8.47. The summed E-state index contributed by atoms with van der Waals surface area (Å²) in [6.45, 7) is 3.87. The summed E-state index contributed by atoms with van der Waals surface area (Å²) in [6, 6.07) is 0.697. The highest BCUT2D eigenvalue weighted by Gasteiger charge is 2.63. The van der Waals surface area contributed by atoms with Crippen LogP contribution in [0.1, 0.15) is 66.2 Å². The SMILES string of the molecule is COc1cnc(O[C@@H]2C[C@H]3C(=O)N[C@]4(C(=O)NS(=O)(=O)C5(C)CC5)C[C@H]4/C=C\CCCO[C@@H](C)[C@H](NC(=O)OC(C)(C)C(F)(F)F)C(=O)N3C2)c2cc(F)ccc12. The number of allylic oxidation sites excluding steroid dienone is 1. The number of sulfonamides is 1. The molecular weight excluding hydrogens is 782 g/mol. The van der Waals surface area contributed by atoms with Gasteiger partial charge in [0, 0.05) is 24.3 Å². The van der Waals surface area contributed by atoms with Crippen LogP contribution in [-0.2, 0) is 33.9 Å². The van der Waals surface area contributed by atoms with E-state index in [1.807, 2.05) is 0 Å². The lowest BCUT2D eigenvalue weighted by Gasteiger charge is -2.33. The van der Waals surface area contributed by atoms with Crippen molar-refractivity contribution in [3.63, 3.8) is 0 Å². The van der Waals surface area contributed by atoms with E-state index in [0.717, 1.165) is 4.90 Å². The maximum atomic E-state index is 14.5. The summed E-state index contributed by atoms with van der Waals surface area (Å²) in [5.74, 6) is -3.78. The van der Waals surface area contributed by atoms with Crippen LogP contribution in [0.4, 0.5) is 22.4 Å². The van der Waals surface area contributed by atoms with E-state index in [2.05, 4.69) is 20.3 Å². The average molecular weight is 828 g/mol. The molecule has 0 bridgehead atoms. The Labute approximate surface area is 326 Å². The van der Waals surface area contributed by atoms with Crippen LogP contribution in [0.5, 0.6) is 11.6 Å². The Kier molecular flexibility index (Phi) is 11.2. The number of alkyl halides is 3. The molecule has 4 aliphatic rings. The van der Waals surface area contributed by atoms with Crippen molar-refractivity contribution in [3.8, 4) is 11.6 Å². The number of nitrogens with zero attached hydrogens (tertiary/aromatic N) is 2. The molecule has 57 heavy (non-hydrogen) atoms. The lowest BCUT2D eigenvalue weighted by Crippen LogP contribution is -2.60. The fraction of sp³-hybridized carbons (Fsp3) is 0.595. The Morgan fingerprint density at radius 2 is 1.86 bits per heavy atom. The number of fused-ring (bicyclic) bond motifs is 3. The monoisotopic (exact) mass is 827 g/mol. The van der Waals surface area contributed by atoms with Gasteiger partial charge < -0.3 is 34.5 Å². The van der Waals surface area contributed by atoms with Gasteiger partial charge in [-0.3, -0.25) is 19.1 Å². The van der Waals surface area contributed by atoms with Crippen LogP contribution < -0.4 is 24.8 Å². The second kappa shape index (κ2) is 15.2. The molecule has 1 aromatic carbocycles. The van der Waals surface area contributed by atoms with Crippen LogP contribution >= 0.6 is 0 Å². The molecular formula is C37H45F4N5O10S. The van der Waals surface area contributed by atoms with Gasteiger partial charge in [0.25, 0.3) is 5.91 Å². The number of hydrogen-bond acceptors (Lipinski definition) is 11. The van der Waals surface area contributed by atoms with Crippen molar-refractivity contribution < 1.29 is 64.1 Å². The van der Waals surface area contributed by atoms with E-state index in [-0.39, 0.29) is 37.3 Å². The minimum Gasteiger partial charge on any atom is -0.494 e. The van der Waals surface area contributed by atoms with Crippen LogP contribution in [0.2, 0.25) is 0 Å². The molecule has 3 heterocycles. The van der Waals surface area contributed by atoms with Gasteiger partial charge in [0.2, 0.25) is 33.3 Å². The van der Waals surface area contributed by atoms with Gasteiger partial charge in [-0.25, -0.2) is 22.6 Å². The van der Waals surface area contributed by atoms with Crippen molar-refractivity contribution in [2.75, 3.05) is 20.3 Å². The van der Waals surface area contributed by atoms with Gasteiger partial charge >= 0.3 is 12.3 Å². The first-order chi connectivity index (χ1) is 26.6. The lowest BCUT2D eigenvalue weighted by molar-refractivity contribution is -0.244.